The second-order valence-corrected chi connectivity index (χ2v) is 6.67. The van der Waals surface area contributed by atoms with Gasteiger partial charge in [-0.2, -0.15) is 0 Å². The normalized spacial score (nSPS) is 25.3. The highest BCUT2D eigenvalue weighted by Gasteiger charge is 2.27. The third-order valence-electron chi connectivity index (χ3n) is 3.31. The molecule has 1 amide bonds. The Balaban J connectivity index is 0.00000133. The summed E-state index contributed by atoms with van der Waals surface area (Å²) in [4.78, 5) is 13.4. The predicted molar refractivity (Wildman–Crippen MR) is 84.2 cm³/mol. The molecule has 1 aromatic rings. The highest BCUT2D eigenvalue weighted by molar-refractivity contribution is 7.99. The average Bonchev–Trinajstić information content (AvgIpc) is 2.93. The van der Waals surface area contributed by atoms with Gasteiger partial charge in [-0.05, 0) is 18.1 Å². The molecule has 0 saturated carbocycles. The van der Waals surface area contributed by atoms with Crippen molar-refractivity contribution in [3.63, 3.8) is 0 Å². The first-order chi connectivity index (χ1) is 8.84. The van der Waals surface area contributed by atoms with Crippen LogP contribution >= 0.6 is 35.9 Å². The van der Waals surface area contributed by atoms with Crippen LogP contribution in [0.2, 0.25) is 0 Å². The molecule has 2 aliphatic heterocycles. The lowest BCUT2D eigenvalue weighted by molar-refractivity contribution is -0.123. The topological polar surface area (TPSA) is 41.1 Å². The number of carbonyl (C=O) groups excluding carboxylic acids is 1. The van der Waals surface area contributed by atoms with Gasteiger partial charge in [-0.3, -0.25) is 10.1 Å². The highest BCUT2D eigenvalue weighted by Crippen LogP contribution is 2.35. The van der Waals surface area contributed by atoms with E-state index in [9.17, 15) is 4.79 Å². The molecule has 2 heterocycles. The van der Waals surface area contributed by atoms with Gasteiger partial charge in [-0.25, -0.2) is 0 Å². The molecule has 0 aliphatic carbocycles. The maximum absolute atomic E-state index is 12.1. The number of nitrogens with one attached hydrogen (secondary N) is 2. The summed E-state index contributed by atoms with van der Waals surface area (Å²) in [5.41, 5.74) is 1.27. The molecule has 2 N–H and O–H groups in total. The summed E-state index contributed by atoms with van der Waals surface area (Å²) in [6.07, 6.45) is 1.02. The fraction of sp³-hybridized carbons (Fsp3) is 0.462. The molecule has 3 rings (SSSR count). The van der Waals surface area contributed by atoms with E-state index in [1.807, 2.05) is 17.8 Å². The van der Waals surface area contributed by atoms with Crippen molar-refractivity contribution in [2.24, 2.45) is 0 Å². The van der Waals surface area contributed by atoms with Gasteiger partial charge >= 0.3 is 0 Å². The van der Waals surface area contributed by atoms with E-state index < -0.39 is 0 Å². The first kappa shape index (κ1) is 15.0. The van der Waals surface area contributed by atoms with E-state index >= 15 is 0 Å². The molecule has 2 atom stereocenters. The van der Waals surface area contributed by atoms with Crippen molar-refractivity contribution in [3.05, 3.63) is 29.8 Å². The van der Waals surface area contributed by atoms with Crippen molar-refractivity contribution < 1.29 is 4.79 Å². The van der Waals surface area contributed by atoms with Crippen LogP contribution in [0.25, 0.3) is 0 Å². The summed E-state index contributed by atoms with van der Waals surface area (Å²) < 4.78 is 0. The van der Waals surface area contributed by atoms with E-state index in [2.05, 4.69) is 28.8 Å². The van der Waals surface area contributed by atoms with E-state index in [0.717, 1.165) is 23.8 Å². The van der Waals surface area contributed by atoms with Crippen LogP contribution in [0.4, 0.5) is 0 Å². The molecule has 0 radical (unpaired) electrons. The molecule has 1 aromatic carbocycles. The molecule has 1 saturated heterocycles. The van der Waals surface area contributed by atoms with Crippen LogP contribution in [0.1, 0.15) is 18.0 Å². The van der Waals surface area contributed by atoms with E-state index in [-0.39, 0.29) is 30.4 Å². The second kappa shape index (κ2) is 6.88. The molecule has 104 valence electrons. The molecule has 0 spiro atoms. The van der Waals surface area contributed by atoms with Crippen LogP contribution in [0, 0.1) is 0 Å². The number of amides is 1. The Kier molecular flexibility index (Phi) is 5.45. The number of hydrogen-bond acceptors (Lipinski definition) is 4. The fourth-order valence-electron chi connectivity index (χ4n) is 2.33. The van der Waals surface area contributed by atoms with Crippen LogP contribution in [0.5, 0.6) is 0 Å². The molecule has 1 fully saturated rings. The lowest BCUT2D eigenvalue weighted by Gasteiger charge is -2.26. The Morgan fingerprint density at radius 2 is 2.21 bits per heavy atom. The van der Waals surface area contributed by atoms with Crippen LogP contribution in [-0.2, 0) is 4.79 Å². The van der Waals surface area contributed by atoms with Gasteiger partial charge in [-0.15, -0.1) is 35.9 Å². The molecule has 19 heavy (non-hydrogen) atoms. The van der Waals surface area contributed by atoms with Crippen LogP contribution in [0.15, 0.2) is 29.2 Å². The fourth-order valence-corrected chi connectivity index (χ4v) is 4.39. The predicted octanol–water partition coefficient (Wildman–Crippen LogP) is 2.42. The van der Waals surface area contributed by atoms with Crippen molar-refractivity contribution in [2.75, 3.05) is 17.4 Å². The van der Waals surface area contributed by atoms with Gasteiger partial charge in [-0.1, -0.05) is 18.2 Å². The lowest BCUT2D eigenvalue weighted by Crippen LogP contribution is -2.44. The minimum absolute atomic E-state index is 0. The van der Waals surface area contributed by atoms with Crippen LogP contribution < -0.4 is 10.6 Å². The van der Waals surface area contributed by atoms with Gasteiger partial charge in [0.2, 0.25) is 5.91 Å². The van der Waals surface area contributed by atoms with Crippen molar-refractivity contribution in [1.82, 2.24) is 10.6 Å². The lowest BCUT2D eigenvalue weighted by atomic mass is 10.0. The number of benzene rings is 1. The Bertz CT molecular complexity index is 452. The number of hydrogen-bond donors (Lipinski definition) is 2. The monoisotopic (exact) mass is 316 g/mol. The van der Waals surface area contributed by atoms with Gasteiger partial charge in [0.15, 0.2) is 0 Å². The first-order valence-corrected chi connectivity index (χ1v) is 8.32. The van der Waals surface area contributed by atoms with Gasteiger partial charge in [0, 0.05) is 22.3 Å². The van der Waals surface area contributed by atoms with Crippen LogP contribution in [0.3, 0.4) is 0 Å². The Morgan fingerprint density at radius 3 is 3.00 bits per heavy atom. The maximum atomic E-state index is 12.1. The Hall–Kier alpha value is -0.360. The van der Waals surface area contributed by atoms with Gasteiger partial charge in [0.25, 0.3) is 0 Å². The summed E-state index contributed by atoms with van der Waals surface area (Å²) in [6, 6.07) is 8.54. The molecular weight excluding hydrogens is 300 g/mol. The third kappa shape index (κ3) is 3.40. The summed E-state index contributed by atoms with van der Waals surface area (Å²) in [7, 11) is 0. The smallest absolute Gasteiger partial charge is 0.238 e. The van der Waals surface area contributed by atoms with Gasteiger partial charge in [0.1, 0.15) is 0 Å². The summed E-state index contributed by atoms with van der Waals surface area (Å²) in [6.45, 7) is 0. The third-order valence-corrected chi connectivity index (χ3v) is 5.37. The molecule has 0 aromatic heterocycles. The van der Waals surface area contributed by atoms with Crippen molar-refractivity contribution >= 4 is 41.8 Å². The number of fused-ring (bicyclic) bond motifs is 1. The summed E-state index contributed by atoms with van der Waals surface area (Å²) >= 11 is 3.66. The minimum atomic E-state index is -0.0169. The molecule has 2 unspecified atom stereocenters. The average molecular weight is 317 g/mol. The van der Waals surface area contributed by atoms with Crippen LogP contribution in [-0.4, -0.2) is 29.3 Å². The van der Waals surface area contributed by atoms with E-state index in [1.54, 1.807) is 11.8 Å². The van der Waals surface area contributed by atoms with Crippen molar-refractivity contribution in [1.29, 1.82) is 0 Å². The Morgan fingerprint density at radius 1 is 1.37 bits per heavy atom. The van der Waals surface area contributed by atoms with E-state index in [0.29, 0.717) is 0 Å². The zero-order valence-electron chi connectivity index (χ0n) is 10.4. The van der Waals surface area contributed by atoms with Gasteiger partial charge < -0.3 is 5.32 Å². The quantitative estimate of drug-likeness (QED) is 0.879. The largest absolute Gasteiger partial charge is 0.348 e. The summed E-state index contributed by atoms with van der Waals surface area (Å²) in [5, 5.41) is 6.40. The zero-order valence-corrected chi connectivity index (χ0v) is 12.9. The molecular formula is C13H17ClN2OS2. The van der Waals surface area contributed by atoms with E-state index in [1.165, 1.54) is 10.5 Å². The molecule has 6 heteroatoms. The SMILES string of the molecule is Cl.O=C(NC1CCSc2ccccc21)C1CSCN1. The number of thioether (sulfide) groups is 2. The highest BCUT2D eigenvalue weighted by atomic mass is 35.5. The zero-order chi connectivity index (χ0) is 12.4. The number of carbonyl (C=O) groups is 1. The molecule has 2 aliphatic rings. The number of halogens is 1. The number of rotatable bonds is 2. The van der Waals surface area contributed by atoms with Crippen molar-refractivity contribution in [3.8, 4) is 0 Å². The first-order valence-electron chi connectivity index (χ1n) is 6.18. The second-order valence-electron chi connectivity index (χ2n) is 4.51. The standard InChI is InChI=1S/C13H16N2OS2.ClH/c16-13(11-7-17-8-14-11)15-10-5-6-18-12-4-2-1-3-9(10)12;/h1-4,10-11,14H,5-8H2,(H,15,16);1H. The van der Waals surface area contributed by atoms with Gasteiger partial charge in [0.05, 0.1) is 12.1 Å². The Labute approximate surface area is 128 Å². The summed E-state index contributed by atoms with van der Waals surface area (Å²) in [5.74, 6) is 2.99. The van der Waals surface area contributed by atoms with E-state index in [4.69, 9.17) is 0 Å². The minimum Gasteiger partial charge on any atom is -0.348 e. The maximum Gasteiger partial charge on any atom is 0.238 e. The molecule has 0 bridgehead atoms. The molecule has 3 nitrogen and oxygen atoms in total. The van der Waals surface area contributed by atoms with Crippen molar-refractivity contribution in [2.45, 2.75) is 23.4 Å².